The first kappa shape index (κ1) is 33.9. The first-order chi connectivity index (χ1) is 21.7. The SMILES string of the molecule is CCCCNC(=O)C/C=C/c1ccc(Cc2c(OC3OC(COC(=O)c4ccccc4)C(F)C(C)C3C)n[nH]c2C(C)C)cc1. The Morgan fingerprint density at radius 3 is 2.51 bits per heavy atom. The van der Waals surface area contributed by atoms with E-state index in [1.165, 1.54) is 0 Å². The van der Waals surface area contributed by atoms with Crippen molar-refractivity contribution < 1.29 is 28.2 Å². The monoisotopic (exact) mass is 619 g/mol. The number of nitrogens with zero attached hydrogens (tertiary/aromatic N) is 1. The molecule has 2 aromatic carbocycles. The molecule has 3 aromatic rings. The number of hydrogen-bond donors (Lipinski definition) is 2. The Labute approximate surface area is 265 Å². The van der Waals surface area contributed by atoms with E-state index in [0.717, 1.165) is 35.2 Å². The molecule has 0 aliphatic carbocycles. The van der Waals surface area contributed by atoms with Crippen LogP contribution in [0.25, 0.3) is 6.08 Å². The van der Waals surface area contributed by atoms with Crippen LogP contribution in [0.15, 0.2) is 60.7 Å². The van der Waals surface area contributed by atoms with Gasteiger partial charge in [0.25, 0.3) is 0 Å². The zero-order valence-electron chi connectivity index (χ0n) is 26.9. The molecule has 5 unspecified atom stereocenters. The lowest BCUT2D eigenvalue weighted by Crippen LogP contribution is -2.51. The molecule has 0 saturated carbocycles. The summed E-state index contributed by atoms with van der Waals surface area (Å²) in [5.41, 5.74) is 4.34. The zero-order valence-corrected chi connectivity index (χ0v) is 26.9. The quantitative estimate of drug-likeness (QED) is 0.149. The molecule has 4 rings (SSSR count). The Hall–Kier alpha value is -3.98. The van der Waals surface area contributed by atoms with Crippen molar-refractivity contribution in [1.82, 2.24) is 15.5 Å². The molecule has 1 aromatic heterocycles. The molecule has 0 bridgehead atoms. The van der Waals surface area contributed by atoms with Crippen LogP contribution < -0.4 is 10.1 Å². The predicted octanol–water partition coefficient (Wildman–Crippen LogP) is 7.01. The Bertz CT molecular complexity index is 1410. The largest absolute Gasteiger partial charge is 0.459 e. The molecule has 2 N–H and O–H groups in total. The van der Waals surface area contributed by atoms with Gasteiger partial charge in [-0.3, -0.25) is 9.89 Å². The number of carbonyl (C=O) groups excluding carboxylic acids is 2. The standard InChI is InChI=1S/C36H46FN3O5/c1-6-7-20-38-31(41)15-11-12-26-16-18-27(19-17-26)21-29-33(23(2)3)39-40-34(29)45-36-25(5)24(4)32(37)30(44-36)22-43-35(42)28-13-9-8-10-14-28/h8-14,16-19,23-25,30,32,36H,6-7,15,20-22H2,1-5H3,(H,38,41)(H,39,40)/b12-11+. The van der Waals surface area contributed by atoms with Gasteiger partial charge in [-0.1, -0.05) is 95.7 Å². The number of aromatic amines is 1. The number of carbonyl (C=O) groups is 2. The van der Waals surface area contributed by atoms with E-state index in [-0.39, 0.29) is 30.3 Å². The van der Waals surface area contributed by atoms with Crippen LogP contribution in [0.5, 0.6) is 5.88 Å². The van der Waals surface area contributed by atoms with Crippen molar-refractivity contribution in [2.24, 2.45) is 11.8 Å². The number of ether oxygens (including phenoxy) is 3. The highest BCUT2D eigenvalue weighted by atomic mass is 19.1. The lowest BCUT2D eigenvalue weighted by atomic mass is 9.85. The average Bonchev–Trinajstić information content (AvgIpc) is 3.43. The molecule has 5 atom stereocenters. The van der Waals surface area contributed by atoms with Crippen molar-refractivity contribution >= 4 is 18.0 Å². The Kier molecular flexibility index (Phi) is 12.3. The van der Waals surface area contributed by atoms with Crippen LogP contribution in [-0.2, 0) is 20.7 Å². The molecule has 0 radical (unpaired) electrons. The summed E-state index contributed by atoms with van der Waals surface area (Å²) in [6, 6.07) is 16.7. The molecule has 1 fully saturated rings. The number of esters is 1. The molecule has 2 heterocycles. The predicted molar refractivity (Wildman–Crippen MR) is 173 cm³/mol. The zero-order chi connectivity index (χ0) is 32.3. The van der Waals surface area contributed by atoms with Crippen molar-refractivity contribution in [3.8, 4) is 5.88 Å². The second kappa shape index (κ2) is 16.4. The van der Waals surface area contributed by atoms with E-state index in [2.05, 4.69) is 48.4 Å². The summed E-state index contributed by atoms with van der Waals surface area (Å²) in [4.78, 5) is 24.4. The van der Waals surface area contributed by atoms with Gasteiger partial charge in [-0.25, -0.2) is 9.18 Å². The van der Waals surface area contributed by atoms with Crippen LogP contribution in [0.2, 0.25) is 0 Å². The fourth-order valence-corrected chi connectivity index (χ4v) is 5.28. The number of H-pyrrole nitrogens is 1. The maximum atomic E-state index is 15.3. The summed E-state index contributed by atoms with van der Waals surface area (Å²) >= 11 is 0. The minimum Gasteiger partial charge on any atom is -0.459 e. The summed E-state index contributed by atoms with van der Waals surface area (Å²) in [7, 11) is 0. The second-order valence-electron chi connectivity index (χ2n) is 12.1. The number of amides is 1. The van der Waals surface area contributed by atoms with E-state index >= 15 is 4.39 Å². The Morgan fingerprint density at radius 1 is 1.09 bits per heavy atom. The number of halogens is 1. The number of nitrogens with one attached hydrogen (secondary N) is 2. The number of unbranched alkanes of at least 4 members (excludes halogenated alkanes) is 1. The summed E-state index contributed by atoms with van der Waals surface area (Å²) < 4.78 is 33.2. The summed E-state index contributed by atoms with van der Waals surface area (Å²) in [5.74, 6) is -0.581. The van der Waals surface area contributed by atoms with E-state index in [1.54, 1.807) is 24.3 Å². The molecule has 0 spiro atoms. The maximum absolute atomic E-state index is 15.3. The van der Waals surface area contributed by atoms with Crippen molar-refractivity contribution in [2.45, 2.75) is 84.8 Å². The van der Waals surface area contributed by atoms with E-state index in [4.69, 9.17) is 14.2 Å². The van der Waals surface area contributed by atoms with Crippen LogP contribution in [-0.4, -0.2) is 53.8 Å². The van der Waals surface area contributed by atoms with Gasteiger partial charge >= 0.3 is 5.97 Å². The minimum atomic E-state index is -1.32. The van der Waals surface area contributed by atoms with Gasteiger partial charge in [0.2, 0.25) is 18.1 Å². The fourth-order valence-electron chi connectivity index (χ4n) is 5.28. The van der Waals surface area contributed by atoms with Gasteiger partial charge in [0.15, 0.2) is 0 Å². The van der Waals surface area contributed by atoms with Crippen molar-refractivity contribution in [3.63, 3.8) is 0 Å². The van der Waals surface area contributed by atoms with Crippen LogP contribution in [0.3, 0.4) is 0 Å². The van der Waals surface area contributed by atoms with Crippen LogP contribution in [0.1, 0.15) is 92.5 Å². The maximum Gasteiger partial charge on any atom is 0.338 e. The Balaban J connectivity index is 1.42. The minimum absolute atomic E-state index is 0.0252. The second-order valence-corrected chi connectivity index (χ2v) is 12.1. The van der Waals surface area contributed by atoms with Crippen molar-refractivity contribution in [1.29, 1.82) is 0 Å². The molecule has 8 nitrogen and oxygen atoms in total. The van der Waals surface area contributed by atoms with E-state index in [0.29, 0.717) is 30.8 Å². The third-order valence-electron chi connectivity index (χ3n) is 8.31. The number of aromatic nitrogens is 2. The molecule has 1 aliphatic heterocycles. The highest BCUT2D eigenvalue weighted by Crippen LogP contribution is 2.36. The molecular formula is C36H46FN3O5. The van der Waals surface area contributed by atoms with E-state index in [9.17, 15) is 9.59 Å². The first-order valence-corrected chi connectivity index (χ1v) is 16.0. The van der Waals surface area contributed by atoms with E-state index < -0.39 is 24.5 Å². The lowest BCUT2D eigenvalue weighted by Gasteiger charge is -2.40. The number of alkyl halides is 1. The van der Waals surface area contributed by atoms with Gasteiger partial charge in [-0.15, -0.1) is 5.10 Å². The average molecular weight is 620 g/mol. The molecule has 9 heteroatoms. The molecule has 45 heavy (non-hydrogen) atoms. The topological polar surface area (TPSA) is 103 Å². The van der Waals surface area contributed by atoms with Crippen molar-refractivity contribution in [3.05, 3.63) is 88.6 Å². The molecule has 1 aliphatic rings. The fraction of sp³-hybridized carbons (Fsp3) is 0.472. The summed E-state index contributed by atoms with van der Waals surface area (Å²) in [5, 5.41) is 10.5. The molecule has 242 valence electrons. The highest BCUT2D eigenvalue weighted by molar-refractivity contribution is 5.89. The third-order valence-corrected chi connectivity index (χ3v) is 8.31. The van der Waals surface area contributed by atoms with Gasteiger partial charge in [0.05, 0.1) is 5.56 Å². The molecular weight excluding hydrogens is 573 g/mol. The van der Waals surface area contributed by atoms with Gasteiger partial charge in [0, 0.05) is 36.6 Å². The number of benzene rings is 2. The lowest BCUT2D eigenvalue weighted by molar-refractivity contribution is -0.226. The normalized spacial score (nSPS) is 21.6. The third kappa shape index (κ3) is 9.26. The van der Waals surface area contributed by atoms with Gasteiger partial charge < -0.3 is 19.5 Å². The molecule has 1 amide bonds. The first-order valence-electron chi connectivity index (χ1n) is 16.0. The summed E-state index contributed by atoms with van der Waals surface area (Å²) in [6.45, 7) is 10.5. The van der Waals surface area contributed by atoms with Gasteiger partial charge in [0.1, 0.15) is 18.9 Å². The van der Waals surface area contributed by atoms with E-state index in [1.807, 2.05) is 44.2 Å². The smallest absolute Gasteiger partial charge is 0.338 e. The van der Waals surface area contributed by atoms with Gasteiger partial charge in [-0.2, -0.15) is 0 Å². The highest BCUT2D eigenvalue weighted by Gasteiger charge is 2.44. The van der Waals surface area contributed by atoms with Crippen LogP contribution in [0.4, 0.5) is 4.39 Å². The molecule has 1 saturated heterocycles. The number of hydrogen-bond acceptors (Lipinski definition) is 6. The summed E-state index contributed by atoms with van der Waals surface area (Å²) in [6.07, 6.45) is 3.71. The van der Waals surface area contributed by atoms with Crippen LogP contribution >= 0.6 is 0 Å². The van der Waals surface area contributed by atoms with Gasteiger partial charge in [-0.05, 0) is 41.5 Å². The number of rotatable bonds is 14. The van der Waals surface area contributed by atoms with Crippen molar-refractivity contribution in [2.75, 3.05) is 13.2 Å². The Morgan fingerprint density at radius 2 is 1.82 bits per heavy atom. The van der Waals surface area contributed by atoms with Crippen LogP contribution in [0, 0.1) is 11.8 Å².